The van der Waals surface area contributed by atoms with E-state index >= 15 is 0 Å². The molecular formula is C8H5F3N2. The Morgan fingerprint density at radius 2 is 2.08 bits per heavy atom. The van der Waals surface area contributed by atoms with E-state index in [0.29, 0.717) is 0 Å². The lowest BCUT2D eigenvalue weighted by Crippen LogP contribution is -2.11. The number of rotatable bonds is 0. The van der Waals surface area contributed by atoms with E-state index in [9.17, 15) is 13.2 Å². The van der Waals surface area contributed by atoms with Gasteiger partial charge in [-0.1, -0.05) is 0 Å². The lowest BCUT2D eigenvalue weighted by molar-refractivity contribution is -0.141. The molecule has 1 rings (SSSR count). The molecule has 0 saturated carbocycles. The summed E-state index contributed by atoms with van der Waals surface area (Å²) in [6, 6.07) is 2.92. The monoisotopic (exact) mass is 186 g/mol. The second-order valence-electron chi connectivity index (χ2n) is 2.44. The predicted molar refractivity (Wildman–Crippen MR) is 38.7 cm³/mol. The van der Waals surface area contributed by atoms with Crippen molar-refractivity contribution >= 4 is 0 Å². The summed E-state index contributed by atoms with van der Waals surface area (Å²) in [4.78, 5) is 3.18. The van der Waals surface area contributed by atoms with E-state index in [1.54, 1.807) is 6.07 Å². The van der Waals surface area contributed by atoms with Crippen LogP contribution in [0.1, 0.15) is 16.8 Å². The largest absolute Gasteiger partial charge is 0.433 e. The van der Waals surface area contributed by atoms with Crippen molar-refractivity contribution in [1.82, 2.24) is 4.98 Å². The van der Waals surface area contributed by atoms with Gasteiger partial charge < -0.3 is 0 Å². The van der Waals surface area contributed by atoms with Crippen molar-refractivity contribution in [3.8, 4) is 6.07 Å². The summed E-state index contributed by atoms with van der Waals surface area (Å²) < 4.78 is 36.6. The Kier molecular flexibility index (Phi) is 2.24. The SMILES string of the molecule is Cc1c(C#N)ccnc1C(F)(F)F. The minimum Gasteiger partial charge on any atom is -0.251 e. The third-order valence-corrected chi connectivity index (χ3v) is 1.59. The van der Waals surface area contributed by atoms with Gasteiger partial charge in [0.1, 0.15) is 5.69 Å². The number of aromatic nitrogens is 1. The van der Waals surface area contributed by atoms with Crippen LogP contribution >= 0.6 is 0 Å². The number of nitrogens with zero attached hydrogens (tertiary/aromatic N) is 2. The summed E-state index contributed by atoms with van der Waals surface area (Å²) >= 11 is 0. The number of halogens is 3. The van der Waals surface area contributed by atoms with Crippen LogP contribution in [0.25, 0.3) is 0 Å². The van der Waals surface area contributed by atoms with Crippen molar-refractivity contribution in [3.05, 3.63) is 29.1 Å². The molecule has 0 aliphatic heterocycles. The highest BCUT2D eigenvalue weighted by Crippen LogP contribution is 2.30. The summed E-state index contributed by atoms with van der Waals surface area (Å²) in [5.74, 6) is 0. The average molecular weight is 186 g/mol. The van der Waals surface area contributed by atoms with E-state index in [2.05, 4.69) is 4.98 Å². The minimum atomic E-state index is -4.49. The lowest BCUT2D eigenvalue weighted by atomic mass is 10.1. The Bertz CT molecular complexity index is 363. The Morgan fingerprint density at radius 1 is 1.46 bits per heavy atom. The van der Waals surface area contributed by atoms with E-state index in [0.717, 1.165) is 6.20 Å². The number of alkyl halides is 3. The predicted octanol–water partition coefficient (Wildman–Crippen LogP) is 2.28. The molecule has 1 aromatic heterocycles. The summed E-state index contributed by atoms with van der Waals surface area (Å²) in [6.07, 6.45) is -3.51. The van der Waals surface area contributed by atoms with Gasteiger partial charge in [-0.15, -0.1) is 0 Å². The molecule has 2 nitrogen and oxygen atoms in total. The van der Waals surface area contributed by atoms with E-state index < -0.39 is 11.9 Å². The number of hydrogen-bond donors (Lipinski definition) is 0. The van der Waals surface area contributed by atoms with Crippen LogP contribution < -0.4 is 0 Å². The number of pyridine rings is 1. The molecule has 1 aromatic rings. The highest BCUT2D eigenvalue weighted by atomic mass is 19.4. The van der Waals surface area contributed by atoms with Crippen LogP contribution in [0.2, 0.25) is 0 Å². The zero-order chi connectivity index (χ0) is 10.1. The molecule has 0 amide bonds. The molecule has 0 unspecified atom stereocenters. The van der Waals surface area contributed by atoms with Crippen LogP contribution in [0, 0.1) is 18.3 Å². The second kappa shape index (κ2) is 3.05. The molecule has 0 fully saturated rings. The van der Waals surface area contributed by atoms with Gasteiger partial charge in [0, 0.05) is 6.20 Å². The van der Waals surface area contributed by atoms with Gasteiger partial charge in [0.2, 0.25) is 0 Å². The lowest BCUT2D eigenvalue weighted by Gasteiger charge is -2.08. The van der Waals surface area contributed by atoms with Crippen molar-refractivity contribution in [2.45, 2.75) is 13.1 Å². The maximum atomic E-state index is 12.2. The fraction of sp³-hybridized carbons (Fsp3) is 0.250. The first-order chi connectivity index (χ1) is 5.96. The van der Waals surface area contributed by atoms with Gasteiger partial charge >= 0.3 is 6.18 Å². The second-order valence-corrected chi connectivity index (χ2v) is 2.44. The van der Waals surface area contributed by atoms with E-state index in [-0.39, 0.29) is 11.1 Å². The van der Waals surface area contributed by atoms with Crippen molar-refractivity contribution in [2.75, 3.05) is 0 Å². The van der Waals surface area contributed by atoms with Crippen LogP contribution in [0.5, 0.6) is 0 Å². The number of hydrogen-bond acceptors (Lipinski definition) is 2. The van der Waals surface area contributed by atoms with Crippen molar-refractivity contribution < 1.29 is 13.2 Å². The van der Waals surface area contributed by atoms with Crippen LogP contribution in [-0.4, -0.2) is 4.98 Å². The maximum Gasteiger partial charge on any atom is 0.433 e. The standard InChI is InChI=1S/C8H5F3N2/c1-5-6(4-12)2-3-13-7(5)8(9,10)11/h2-3H,1H3. The molecule has 0 radical (unpaired) electrons. The van der Waals surface area contributed by atoms with Gasteiger partial charge in [0.25, 0.3) is 0 Å². The molecule has 0 aliphatic carbocycles. The first kappa shape index (κ1) is 9.52. The van der Waals surface area contributed by atoms with Gasteiger partial charge in [0.15, 0.2) is 0 Å². The van der Waals surface area contributed by atoms with E-state index in [1.165, 1.54) is 13.0 Å². The zero-order valence-electron chi connectivity index (χ0n) is 6.68. The van der Waals surface area contributed by atoms with Crippen molar-refractivity contribution in [3.63, 3.8) is 0 Å². The molecule has 0 N–H and O–H groups in total. The van der Waals surface area contributed by atoms with Crippen LogP contribution in [0.3, 0.4) is 0 Å². The quantitative estimate of drug-likeness (QED) is 0.623. The third kappa shape index (κ3) is 1.78. The molecule has 68 valence electrons. The summed E-state index contributed by atoms with van der Waals surface area (Å²) in [5, 5.41) is 8.46. The third-order valence-electron chi connectivity index (χ3n) is 1.59. The Hall–Kier alpha value is -1.57. The van der Waals surface area contributed by atoms with Gasteiger partial charge in [-0.3, -0.25) is 4.98 Å². The highest BCUT2D eigenvalue weighted by Gasteiger charge is 2.34. The molecule has 0 atom stereocenters. The topological polar surface area (TPSA) is 36.7 Å². The van der Waals surface area contributed by atoms with Gasteiger partial charge in [-0.2, -0.15) is 18.4 Å². The zero-order valence-corrected chi connectivity index (χ0v) is 6.68. The fourth-order valence-corrected chi connectivity index (χ4v) is 0.943. The van der Waals surface area contributed by atoms with E-state index in [4.69, 9.17) is 5.26 Å². The summed E-state index contributed by atoms with van der Waals surface area (Å²) in [6.45, 7) is 1.23. The molecule has 5 heteroatoms. The summed E-state index contributed by atoms with van der Waals surface area (Å²) in [7, 11) is 0. The highest BCUT2D eigenvalue weighted by molar-refractivity contribution is 5.39. The van der Waals surface area contributed by atoms with Gasteiger partial charge in [-0.05, 0) is 18.6 Å². The van der Waals surface area contributed by atoms with Gasteiger partial charge in [0.05, 0.1) is 11.6 Å². The first-order valence-electron chi connectivity index (χ1n) is 3.39. The van der Waals surface area contributed by atoms with Crippen LogP contribution in [-0.2, 0) is 6.18 Å². The average Bonchev–Trinajstić information content (AvgIpc) is 2.02. The fourth-order valence-electron chi connectivity index (χ4n) is 0.943. The maximum absolute atomic E-state index is 12.2. The minimum absolute atomic E-state index is 0.00215. The summed E-state index contributed by atoms with van der Waals surface area (Å²) in [5.41, 5.74) is -1.12. The first-order valence-corrected chi connectivity index (χ1v) is 3.39. The molecule has 1 heterocycles. The van der Waals surface area contributed by atoms with Crippen molar-refractivity contribution in [2.24, 2.45) is 0 Å². The molecule has 0 spiro atoms. The van der Waals surface area contributed by atoms with Gasteiger partial charge in [-0.25, -0.2) is 0 Å². The van der Waals surface area contributed by atoms with Crippen LogP contribution in [0.15, 0.2) is 12.3 Å². The Morgan fingerprint density at radius 3 is 2.54 bits per heavy atom. The molecule has 0 aliphatic rings. The number of nitriles is 1. The van der Waals surface area contributed by atoms with Crippen molar-refractivity contribution in [1.29, 1.82) is 5.26 Å². The molecule has 0 bridgehead atoms. The normalized spacial score (nSPS) is 11.0. The Balaban J connectivity index is 3.34. The molecular weight excluding hydrogens is 181 g/mol. The molecule has 0 aromatic carbocycles. The Labute approximate surface area is 72.6 Å². The molecule has 0 saturated heterocycles. The van der Waals surface area contributed by atoms with E-state index in [1.807, 2.05) is 0 Å². The molecule has 13 heavy (non-hydrogen) atoms. The van der Waals surface area contributed by atoms with Crippen LogP contribution in [0.4, 0.5) is 13.2 Å². The smallest absolute Gasteiger partial charge is 0.251 e.